The molecular formula is C17H28N2O4S. The van der Waals surface area contributed by atoms with E-state index in [0.29, 0.717) is 11.4 Å². The van der Waals surface area contributed by atoms with Crippen molar-refractivity contribution >= 4 is 10.0 Å². The molecule has 1 aliphatic rings. The van der Waals surface area contributed by atoms with Gasteiger partial charge in [-0.05, 0) is 42.6 Å². The third-order valence-electron chi connectivity index (χ3n) is 4.18. The van der Waals surface area contributed by atoms with Gasteiger partial charge >= 0.3 is 0 Å². The van der Waals surface area contributed by atoms with E-state index in [1.54, 1.807) is 25.3 Å². The number of hydrogen-bond donors (Lipinski definition) is 1. The number of nitrogens with zero attached hydrogens (tertiary/aromatic N) is 1. The molecule has 1 aromatic carbocycles. The SMILES string of the molecule is COc1ccc(S(=O)(=O)NCCCN2CCOCC2)cc1C(C)C. The van der Waals surface area contributed by atoms with Crippen molar-refractivity contribution in [2.75, 3.05) is 46.5 Å². The van der Waals surface area contributed by atoms with Gasteiger partial charge < -0.3 is 9.47 Å². The molecule has 0 unspecified atom stereocenters. The van der Waals surface area contributed by atoms with Gasteiger partial charge in [0, 0.05) is 19.6 Å². The van der Waals surface area contributed by atoms with Crippen molar-refractivity contribution in [3.05, 3.63) is 23.8 Å². The second-order valence-electron chi connectivity index (χ2n) is 6.26. The fourth-order valence-corrected chi connectivity index (χ4v) is 3.86. The Hall–Kier alpha value is -1.15. The van der Waals surface area contributed by atoms with Gasteiger partial charge in [0.2, 0.25) is 10.0 Å². The van der Waals surface area contributed by atoms with Gasteiger partial charge in [-0.1, -0.05) is 13.8 Å². The third kappa shape index (κ3) is 5.17. The highest BCUT2D eigenvalue weighted by Crippen LogP contribution is 2.28. The summed E-state index contributed by atoms with van der Waals surface area (Å²) in [7, 11) is -1.90. The smallest absolute Gasteiger partial charge is 0.240 e. The van der Waals surface area contributed by atoms with Crippen LogP contribution in [0.25, 0.3) is 0 Å². The molecule has 7 heteroatoms. The highest BCUT2D eigenvalue weighted by molar-refractivity contribution is 7.89. The van der Waals surface area contributed by atoms with Crippen LogP contribution in [0.1, 0.15) is 31.7 Å². The minimum Gasteiger partial charge on any atom is -0.496 e. The Morgan fingerprint density at radius 1 is 1.29 bits per heavy atom. The molecule has 1 N–H and O–H groups in total. The largest absolute Gasteiger partial charge is 0.496 e. The van der Waals surface area contributed by atoms with Crippen LogP contribution in [0.3, 0.4) is 0 Å². The molecule has 0 amide bonds. The zero-order valence-corrected chi connectivity index (χ0v) is 15.6. The minimum atomic E-state index is -3.49. The van der Waals surface area contributed by atoms with Crippen LogP contribution in [-0.4, -0.2) is 59.8 Å². The maximum atomic E-state index is 12.5. The summed E-state index contributed by atoms with van der Waals surface area (Å²) in [6, 6.07) is 5.01. The van der Waals surface area contributed by atoms with E-state index in [-0.39, 0.29) is 5.92 Å². The summed E-state index contributed by atoms with van der Waals surface area (Å²) in [6.45, 7) is 8.71. The van der Waals surface area contributed by atoms with Gasteiger partial charge in [-0.3, -0.25) is 4.90 Å². The summed E-state index contributed by atoms with van der Waals surface area (Å²) in [4.78, 5) is 2.58. The van der Waals surface area contributed by atoms with Crippen LogP contribution in [0.2, 0.25) is 0 Å². The minimum absolute atomic E-state index is 0.191. The predicted octanol–water partition coefficient (Wildman–Crippen LogP) is 1.82. The van der Waals surface area contributed by atoms with E-state index in [0.717, 1.165) is 50.6 Å². The average molecular weight is 356 g/mol. The normalized spacial score (nSPS) is 16.5. The maximum Gasteiger partial charge on any atom is 0.240 e. The summed E-state index contributed by atoms with van der Waals surface area (Å²) in [5.74, 6) is 0.910. The van der Waals surface area contributed by atoms with Crippen molar-refractivity contribution in [3.8, 4) is 5.75 Å². The number of benzene rings is 1. The van der Waals surface area contributed by atoms with Crippen LogP contribution in [0.4, 0.5) is 0 Å². The van der Waals surface area contributed by atoms with E-state index in [4.69, 9.17) is 9.47 Å². The summed E-state index contributed by atoms with van der Waals surface area (Å²) >= 11 is 0. The molecule has 1 saturated heterocycles. The van der Waals surface area contributed by atoms with Gasteiger partial charge in [0.25, 0.3) is 0 Å². The lowest BCUT2D eigenvalue weighted by Crippen LogP contribution is -2.38. The van der Waals surface area contributed by atoms with E-state index in [9.17, 15) is 8.42 Å². The monoisotopic (exact) mass is 356 g/mol. The average Bonchev–Trinajstić information content (AvgIpc) is 2.59. The lowest BCUT2D eigenvalue weighted by atomic mass is 10.0. The Bertz CT molecular complexity index is 625. The van der Waals surface area contributed by atoms with Crippen LogP contribution in [0, 0.1) is 0 Å². The maximum absolute atomic E-state index is 12.5. The summed E-state index contributed by atoms with van der Waals surface area (Å²) in [6.07, 6.45) is 0.784. The first kappa shape index (κ1) is 19.2. The molecule has 24 heavy (non-hydrogen) atoms. The second-order valence-corrected chi connectivity index (χ2v) is 8.03. The van der Waals surface area contributed by atoms with Crippen LogP contribution in [0.5, 0.6) is 5.75 Å². The Morgan fingerprint density at radius 3 is 2.62 bits per heavy atom. The van der Waals surface area contributed by atoms with Crippen molar-refractivity contribution in [2.24, 2.45) is 0 Å². The lowest BCUT2D eigenvalue weighted by molar-refractivity contribution is 0.0376. The van der Waals surface area contributed by atoms with Crippen molar-refractivity contribution in [2.45, 2.75) is 31.1 Å². The molecule has 1 fully saturated rings. The Morgan fingerprint density at radius 2 is 2.00 bits per heavy atom. The molecule has 1 heterocycles. The first-order valence-electron chi connectivity index (χ1n) is 8.41. The zero-order chi connectivity index (χ0) is 17.6. The predicted molar refractivity (Wildman–Crippen MR) is 94.1 cm³/mol. The first-order valence-corrected chi connectivity index (χ1v) is 9.90. The molecule has 0 spiro atoms. The number of ether oxygens (including phenoxy) is 2. The topological polar surface area (TPSA) is 67.9 Å². The quantitative estimate of drug-likeness (QED) is 0.720. The first-order chi connectivity index (χ1) is 11.4. The van der Waals surface area contributed by atoms with Crippen LogP contribution in [0.15, 0.2) is 23.1 Å². The molecule has 2 rings (SSSR count). The molecule has 1 aliphatic heterocycles. The molecule has 1 aromatic rings. The summed E-state index contributed by atoms with van der Waals surface area (Å²) in [5.41, 5.74) is 0.897. The number of methoxy groups -OCH3 is 1. The number of nitrogens with one attached hydrogen (secondary N) is 1. The lowest BCUT2D eigenvalue weighted by Gasteiger charge is -2.26. The van der Waals surface area contributed by atoms with Crippen molar-refractivity contribution in [3.63, 3.8) is 0 Å². The Balaban J connectivity index is 1.93. The third-order valence-corrected chi connectivity index (χ3v) is 5.64. The number of morpholine rings is 1. The van der Waals surface area contributed by atoms with Crippen LogP contribution < -0.4 is 9.46 Å². The van der Waals surface area contributed by atoms with Crippen LogP contribution in [-0.2, 0) is 14.8 Å². The van der Waals surface area contributed by atoms with Gasteiger partial charge in [-0.2, -0.15) is 0 Å². The molecule has 0 atom stereocenters. The van der Waals surface area contributed by atoms with E-state index < -0.39 is 10.0 Å². The fraction of sp³-hybridized carbons (Fsp3) is 0.647. The van der Waals surface area contributed by atoms with Gasteiger partial charge in [-0.15, -0.1) is 0 Å². The number of hydrogen-bond acceptors (Lipinski definition) is 5. The molecule has 136 valence electrons. The molecule has 0 aromatic heterocycles. The van der Waals surface area contributed by atoms with Crippen molar-refractivity contribution < 1.29 is 17.9 Å². The molecule has 0 radical (unpaired) electrons. The highest BCUT2D eigenvalue weighted by atomic mass is 32.2. The van der Waals surface area contributed by atoms with Crippen molar-refractivity contribution in [1.82, 2.24) is 9.62 Å². The highest BCUT2D eigenvalue weighted by Gasteiger charge is 2.18. The van der Waals surface area contributed by atoms with Crippen molar-refractivity contribution in [1.29, 1.82) is 0 Å². The van der Waals surface area contributed by atoms with E-state index >= 15 is 0 Å². The molecule has 6 nitrogen and oxygen atoms in total. The van der Waals surface area contributed by atoms with E-state index in [1.165, 1.54) is 0 Å². The fourth-order valence-electron chi connectivity index (χ4n) is 2.75. The van der Waals surface area contributed by atoms with Gasteiger partial charge in [0.1, 0.15) is 5.75 Å². The standard InChI is InChI=1S/C17H28N2O4S/c1-14(2)16-13-15(5-6-17(16)22-3)24(20,21)18-7-4-8-19-9-11-23-12-10-19/h5-6,13-14,18H,4,7-12H2,1-3H3. The second kappa shape index (κ2) is 8.80. The molecular weight excluding hydrogens is 328 g/mol. The molecule has 0 bridgehead atoms. The Kier molecular flexibility index (Phi) is 7.03. The summed E-state index contributed by atoms with van der Waals surface area (Å²) in [5, 5.41) is 0. The van der Waals surface area contributed by atoms with Crippen LogP contribution >= 0.6 is 0 Å². The van der Waals surface area contributed by atoms with E-state index in [1.807, 2.05) is 13.8 Å². The zero-order valence-electron chi connectivity index (χ0n) is 14.7. The van der Waals surface area contributed by atoms with Gasteiger partial charge in [0.15, 0.2) is 0 Å². The van der Waals surface area contributed by atoms with Gasteiger partial charge in [-0.25, -0.2) is 13.1 Å². The number of rotatable bonds is 8. The molecule has 0 aliphatic carbocycles. The van der Waals surface area contributed by atoms with E-state index in [2.05, 4.69) is 9.62 Å². The summed E-state index contributed by atoms with van der Waals surface area (Å²) < 4.78 is 38.2. The van der Waals surface area contributed by atoms with Gasteiger partial charge in [0.05, 0.1) is 25.2 Å². The molecule has 0 saturated carbocycles. The number of sulfonamides is 1. The Labute approximate surface area is 145 Å².